The number of likely N-dealkylation sites (N-methyl/N-ethyl adjacent to an activating group) is 1. The predicted octanol–water partition coefficient (Wildman–Crippen LogP) is 4.47. The third-order valence-corrected chi connectivity index (χ3v) is 9.82. The summed E-state index contributed by atoms with van der Waals surface area (Å²) >= 11 is 3.23. The van der Waals surface area contributed by atoms with E-state index in [1.807, 2.05) is 18.2 Å². The van der Waals surface area contributed by atoms with Crippen molar-refractivity contribution in [3.05, 3.63) is 59.0 Å². The summed E-state index contributed by atoms with van der Waals surface area (Å²) in [4.78, 5) is 19.9. The van der Waals surface area contributed by atoms with Gasteiger partial charge in [-0.2, -0.15) is 4.31 Å². The molecule has 2 aliphatic heterocycles. The first kappa shape index (κ1) is 22.5. The van der Waals surface area contributed by atoms with Crippen molar-refractivity contribution in [3.8, 4) is 11.3 Å². The molecule has 10 heteroatoms. The number of anilines is 1. The lowest BCUT2D eigenvalue weighted by Gasteiger charge is -2.20. The molecule has 0 bridgehead atoms. The standard InChI is InChI=1S/C23H23N3O4S3/c1-26(13-16-5-4-12-30-16)33(28,29)17-10-8-15(9-11-17)22(27)25-23-24-21-18-6-2-3-7-19(18)31-14-20(21)32-23/h2-3,6-11,16H,4-5,12-14H2,1H3,(H,24,25,27)/t16-/m0/s1. The zero-order valence-electron chi connectivity index (χ0n) is 18.0. The van der Waals surface area contributed by atoms with E-state index in [4.69, 9.17) is 4.74 Å². The van der Waals surface area contributed by atoms with E-state index >= 15 is 0 Å². The monoisotopic (exact) mass is 501 g/mol. The highest BCUT2D eigenvalue weighted by atomic mass is 32.2. The minimum absolute atomic E-state index is 0.0655. The van der Waals surface area contributed by atoms with Crippen LogP contribution in [0.4, 0.5) is 5.13 Å². The normalized spacial score (nSPS) is 17.6. The summed E-state index contributed by atoms with van der Waals surface area (Å²) in [6, 6.07) is 14.1. The number of rotatable bonds is 6. The summed E-state index contributed by atoms with van der Waals surface area (Å²) in [7, 11) is -2.10. The first-order chi connectivity index (χ1) is 15.9. The summed E-state index contributed by atoms with van der Waals surface area (Å²) in [5.41, 5.74) is 2.38. The Morgan fingerprint density at radius 2 is 2.00 bits per heavy atom. The Kier molecular flexibility index (Phi) is 6.28. The van der Waals surface area contributed by atoms with Crippen LogP contribution in [0.5, 0.6) is 0 Å². The number of nitrogens with one attached hydrogen (secondary N) is 1. The highest BCUT2D eigenvalue weighted by Crippen LogP contribution is 2.44. The van der Waals surface area contributed by atoms with Crippen LogP contribution in [0.25, 0.3) is 11.3 Å². The number of thioether (sulfide) groups is 1. The molecule has 2 aliphatic rings. The zero-order valence-corrected chi connectivity index (χ0v) is 20.4. The highest BCUT2D eigenvalue weighted by molar-refractivity contribution is 7.98. The number of benzene rings is 2. The fourth-order valence-electron chi connectivity index (χ4n) is 3.95. The second-order valence-electron chi connectivity index (χ2n) is 7.97. The Bertz CT molecular complexity index is 1280. The van der Waals surface area contributed by atoms with Gasteiger partial charge in [-0.25, -0.2) is 13.4 Å². The Balaban J connectivity index is 1.28. The van der Waals surface area contributed by atoms with Gasteiger partial charge in [0.2, 0.25) is 10.0 Å². The molecule has 0 radical (unpaired) electrons. The maximum atomic E-state index is 12.9. The van der Waals surface area contributed by atoms with Crippen LogP contribution in [-0.2, 0) is 20.5 Å². The van der Waals surface area contributed by atoms with Gasteiger partial charge in [-0.05, 0) is 43.2 Å². The van der Waals surface area contributed by atoms with Gasteiger partial charge in [0.15, 0.2) is 5.13 Å². The van der Waals surface area contributed by atoms with Crippen molar-refractivity contribution in [2.45, 2.75) is 34.5 Å². The average molecular weight is 502 g/mol. The van der Waals surface area contributed by atoms with Crippen LogP contribution < -0.4 is 5.32 Å². The average Bonchev–Trinajstić information content (AvgIpc) is 3.48. The summed E-state index contributed by atoms with van der Waals surface area (Å²) in [5, 5.41) is 3.40. The summed E-state index contributed by atoms with van der Waals surface area (Å²) < 4.78 is 32.6. The number of hydrogen-bond donors (Lipinski definition) is 1. The van der Waals surface area contributed by atoms with E-state index in [2.05, 4.69) is 16.4 Å². The predicted molar refractivity (Wildman–Crippen MR) is 130 cm³/mol. The van der Waals surface area contributed by atoms with E-state index in [-0.39, 0.29) is 16.9 Å². The van der Waals surface area contributed by atoms with E-state index < -0.39 is 10.0 Å². The van der Waals surface area contributed by atoms with Crippen molar-refractivity contribution in [3.63, 3.8) is 0 Å². The number of sulfonamides is 1. The van der Waals surface area contributed by atoms with E-state index in [0.717, 1.165) is 34.7 Å². The van der Waals surface area contributed by atoms with Crippen molar-refractivity contribution in [2.24, 2.45) is 0 Å². The SMILES string of the molecule is CN(C[C@@H]1CCCO1)S(=O)(=O)c1ccc(C(=O)Nc2nc3c(s2)CSc2ccccc2-3)cc1. The molecule has 0 aliphatic carbocycles. The minimum Gasteiger partial charge on any atom is -0.377 e. The van der Waals surface area contributed by atoms with Gasteiger partial charge in [0.1, 0.15) is 0 Å². The second-order valence-corrected chi connectivity index (χ2v) is 12.1. The van der Waals surface area contributed by atoms with Crippen molar-refractivity contribution >= 4 is 44.2 Å². The maximum Gasteiger partial charge on any atom is 0.257 e. The van der Waals surface area contributed by atoms with Crippen molar-refractivity contribution in [1.82, 2.24) is 9.29 Å². The summed E-state index contributed by atoms with van der Waals surface area (Å²) in [6.45, 7) is 0.997. The molecule has 2 aromatic carbocycles. The van der Waals surface area contributed by atoms with E-state index in [0.29, 0.717) is 23.8 Å². The van der Waals surface area contributed by atoms with Gasteiger partial charge in [-0.3, -0.25) is 10.1 Å². The molecule has 1 saturated heterocycles. The Hall–Kier alpha value is -2.24. The number of aromatic nitrogens is 1. The molecule has 7 nitrogen and oxygen atoms in total. The lowest BCUT2D eigenvalue weighted by molar-refractivity contribution is 0.0979. The Morgan fingerprint density at radius 3 is 2.76 bits per heavy atom. The van der Waals surface area contributed by atoms with Crippen molar-refractivity contribution < 1.29 is 17.9 Å². The minimum atomic E-state index is -3.65. The zero-order chi connectivity index (χ0) is 23.0. The van der Waals surface area contributed by atoms with Crippen molar-refractivity contribution in [2.75, 3.05) is 25.5 Å². The number of hydrogen-bond acceptors (Lipinski definition) is 7. The number of ether oxygens (including phenoxy) is 1. The van der Waals surface area contributed by atoms with Crippen LogP contribution in [0.15, 0.2) is 58.3 Å². The molecule has 0 saturated carbocycles. The fourth-order valence-corrected chi connectivity index (χ4v) is 7.25. The van der Waals surface area contributed by atoms with E-state index in [1.165, 1.54) is 44.8 Å². The number of thiazole rings is 1. The molecule has 1 fully saturated rings. The smallest absolute Gasteiger partial charge is 0.257 e. The van der Waals surface area contributed by atoms with E-state index in [1.54, 1.807) is 18.8 Å². The number of amides is 1. The lowest BCUT2D eigenvalue weighted by Crippen LogP contribution is -2.34. The van der Waals surface area contributed by atoms with Crippen LogP contribution in [0.1, 0.15) is 28.1 Å². The Morgan fingerprint density at radius 1 is 1.21 bits per heavy atom. The van der Waals surface area contributed by atoms with Crippen LogP contribution in [0.3, 0.4) is 0 Å². The first-order valence-corrected chi connectivity index (χ1v) is 13.9. The second kappa shape index (κ2) is 9.19. The Labute approximate surface area is 201 Å². The van der Waals surface area contributed by atoms with Gasteiger partial charge >= 0.3 is 0 Å². The third-order valence-electron chi connectivity index (χ3n) is 5.73. The summed E-state index contributed by atoms with van der Waals surface area (Å²) in [5.74, 6) is 0.505. The van der Waals surface area contributed by atoms with E-state index in [9.17, 15) is 13.2 Å². The molecule has 1 N–H and O–H groups in total. The molecule has 3 heterocycles. The van der Waals surface area contributed by atoms with Gasteiger partial charge in [0.05, 0.1) is 16.7 Å². The molecular weight excluding hydrogens is 478 g/mol. The molecule has 0 spiro atoms. The topological polar surface area (TPSA) is 88.6 Å². The molecule has 3 aromatic rings. The lowest BCUT2D eigenvalue weighted by atomic mass is 10.1. The van der Waals surface area contributed by atoms with Crippen LogP contribution in [0.2, 0.25) is 0 Å². The van der Waals surface area contributed by atoms with Crippen LogP contribution in [0, 0.1) is 0 Å². The molecule has 172 valence electrons. The molecule has 1 amide bonds. The number of fused-ring (bicyclic) bond motifs is 3. The van der Waals surface area contributed by atoms with Crippen molar-refractivity contribution in [1.29, 1.82) is 0 Å². The number of carbonyl (C=O) groups excluding carboxylic acids is 1. The van der Waals surface area contributed by atoms with Gasteiger partial charge in [0, 0.05) is 46.9 Å². The molecule has 0 unspecified atom stereocenters. The van der Waals surface area contributed by atoms with Gasteiger partial charge < -0.3 is 4.74 Å². The first-order valence-electron chi connectivity index (χ1n) is 10.6. The molecular formula is C23H23N3O4S3. The fraction of sp³-hybridized carbons (Fsp3) is 0.304. The van der Waals surface area contributed by atoms with Gasteiger partial charge in [-0.1, -0.05) is 18.2 Å². The largest absolute Gasteiger partial charge is 0.377 e. The number of carbonyl (C=O) groups is 1. The van der Waals surface area contributed by atoms with Gasteiger partial charge in [0.25, 0.3) is 5.91 Å². The van der Waals surface area contributed by atoms with Gasteiger partial charge in [-0.15, -0.1) is 23.1 Å². The van der Waals surface area contributed by atoms with Crippen LogP contribution in [-0.4, -0.2) is 49.9 Å². The quantitative estimate of drug-likeness (QED) is 0.536. The summed E-state index contributed by atoms with van der Waals surface area (Å²) in [6.07, 6.45) is 1.75. The molecule has 1 aromatic heterocycles. The highest BCUT2D eigenvalue weighted by Gasteiger charge is 2.26. The molecule has 5 rings (SSSR count). The maximum absolute atomic E-state index is 12.9. The third kappa shape index (κ3) is 4.58. The number of nitrogens with zero attached hydrogens (tertiary/aromatic N) is 2. The van der Waals surface area contributed by atoms with Crippen LogP contribution >= 0.6 is 23.1 Å². The molecule has 33 heavy (non-hydrogen) atoms. The molecule has 1 atom stereocenters.